The van der Waals surface area contributed by atoms with Gasteiger partial charge in [-0.25, -0.2) is 5.01 Å². The van der Waals surface area contributed by atoms with Gasteiger partial charge in [-0.1, -0.05) is 25.7 Å². The minimum absolute atomic E-state index is 0.108. The van der Waals surface area contributed by atoms with Gasteiger partial charge in [0.15, 0.2) is 0 Å². The predicted molar refractivity (Wildman–Crippen MR) is 134 cm³/mol. The second kappa shape index (κ2) is 12.3. The Morgan fingerprint density at radius 3 is 2.58 bits per heavy atom. The van der Waals surface area contributed by atoms with Gasteiger partial charge in [-0.15, -0.1) is 0 Å². The van der Waals surface area contributed by atoms with Crippen molar-refractivity contribution in [2.45, 2.75) is 96.3 Å². The molecule has 6 N–H and O–H groups in total. The molecule has 0 bridgehead atoms. The van der Waals surface area contributed by atoms with Crippen LogP contribution in [-0.2, 0) is 4.79 Å². The van der Waals surface area contributed by atoms with Crippen LogP contribution in [0.1, 0.15) is 78.1 Å². The molecule has 2 aliphatic carbocycles. The molecule has 4 rings (SSSR count). The largest absolute Gasteiger partial charge is 0.356 e. The number of fused-ring (bicyclic) bond motifs is 1. The number of hydrogen-bond acceptors (Lipinski definition) is 6. The number of carbonyl (C=O) groups excluding carboxylic acids is 1. The zero-order chi connectivity index (χ0) is 23.2. The number of amides is 1. The van der Waals surface area contributed by atoms with Crippen molar-refractivity contribution in [1.82, 2.24) is 26.4 Å². The Balaban J connectivity index is 1.40. The van der Waals surface area contributed by atoms with E-state index in [2.05, 4.69) is 40.2 Å². The van der Waals surface area contributed by atoms with Crippen LogP contribution in [0.4, 0.5) is 0 Å². The summed E-state index contributed by atoms with van der Waals surface area (Å²) in [7, 11) is 0. The fraction of sp³-hybridized carbons (Fsp3) is 0.962. The Bertz CT molecular complexity index is 610. The van der Waals surface area contributed by atoms with Crippen LogP contribution in [0, 0.1) is 29.6 Å². The Hall–Kier alpha value is -0.730. The second-order valence-electron chi connectivity index (χ2n) is 11.6. The van der Waals surface area contributed by atoms with E-state index in [4.69, 9.17) is 5.73 Å². The third-order valence-corrected chi connectivity index (χ3v) is 8.95. The van der Waals surface area contributed by atoms with Gasteiger partial charge in [0.2, 0.25) is 5.91 Å². The fourth-order valence-electron chi connectivity index (χ4n) is 7.12. The van der Waals surface area contributed by atoms with Crippen LogP contribution in [0.2, 0.25) is 0 Å². The van der Waals surface area contributed by atoms with Gasteiger partial charge in [0.25, 0.3) is 0 Å². The topological polar surface area (TPSA) is 94.5 Å². The monoisotopic (exact) mass is 462 g/mol. The lowest BCUT2D eigenvalue weighted by Crippen LogP contribution is -2.61. The molecule has 0 aromatic rings. The quantitative estimate of drug-likeness (QED) is 0.337. The van der Waals surface area contributed by atoms with Gasteiger partial charge in [0.1, 0.15) is 0 Å². The molecule has 4 fully saturated rings. The van der Waals surface area contributed by atoms with Gasteiger partial charge in [-0.2, -0.15) is 0 Å². The van der Waals surface area contributed by atoms with E-state index in [-0.39, 0.29) is 12.1 Å². The normalized spacial score (nSPS) is 36.1. The molecule has 2 saturated heterocycles. The van der Waals surface area contributed by atoms with Crippen LogP contribution < -0.4 is 27.1 Å². The Labute approximate surface area is 201 Å². The standard InChI is InChI=1S/C26H50N6O/c1-18(2)32-25-23(17-30-32)22(26(33)29-16-19-7-4-3-5-8-19)14-24(31-25)21-10-6-9-20(13-21)15-28-12-11-27/h18-25,28,30-31H,3-17,27H2,1-2H3,(H,29,33). The van der Waals surface area contributed by atoms with E-state index in [1.54, 1.807) is 0 Å². The number of nitrogens with one attached hydrogen (secondary N) is 4. The van der Waals surface area contributed by atoms with Crippen molar-refractivity contribution >= 4 is 5.91 Å². The maximum atomic E-state index is 13.5. The smallest absolute Gasteiger partial charge is 0.223 e. The van der Waals surface area contributed by atoms with Gasteiger partial charge in [0, 0.05) is 50.1 Å². The van der Waals surface area contributed by atoms with E-state index in [1.165, 1.54) is 57.8 Å². The maximum absolute atomic E-state index is 13.5. The van der Waals surface area contributed by atoms with Crippen LogP contribution in [0.3, 0.4) is 0 Å². The number of hydrazine groups is 1. The molecule has 0 spiro atoms. The van der Waals surface area contributed by atoms with Crippen LogP contribution in [0.15, 0.2) is 0 Å². The molecule has 7 heteroatoms. The molecule has 2 saturated carbocycles. The minimum Gasteiger partial charge on any atom is -0.356 e. The molecule has 0 aromatic carbocycles. The van der Waals surface area contributed by atoms with Crippen molar-refractivity contribution in [2.75, 3.05) is 32.7 Å². The highest BCUT2D eigenvalue weighted by Gasteiger charge is 2.49. The lowest BCUT2D eigenvalue weighted by Gasteiger charge is -2.46. The summed E-state index contributed by atoms with van der Waals surface area (Å²) >= 11 is 0. The summed E-state index contributed by atoms with van der Waals surface area (Å²) in [6, 6.07) is 0.840. The Morgan fingerprint density at radius 2 is 1.82 bits per heavy atom. The summed E-state index contributed by atoms with van der Waals surface area (Å²) in [5, 5.41) is 13.4. The van der Waals surface area contributed by atoms with E-state index < -0.39 is 0 Å². The molecule has 1 amide bonds. The lowest BCUT2D eigenvalue weighted by molar-refractivity contribution is -0.129. The molecule has 7 nitrogen and oxygen atoms in total. The fourth-order valence-corrected chi connectivity index (χ4v) is 7.12. The molecule has 33 heavy (non-hydrogen) atoms. The molecule has 0 radical (unpaired) electrons. The van der Waals surface area contributed by atoms with Crippen LogP contribution in [-0.4, -0.2) is 61.9 Å². The van der Waals surface area contributed by atoms with Crippen molar-refractivity contribution in [2.24, 2.45) is 35.3 Å². The third kappa shape index (κ3) is 6.49. The lowest BCUT2D eigenvalue weighted by atomic mass is 9.71. The number of nitrogens with two attached hydrogens (primary N) is 1. The Kier molecular flexibility index (Phi) is 9.45. The maximum Gasteiger partial charge on any atom is 0.223 e. The van der Waals surface area contributed by atoms with Crippen molar-refractivity contribution in [3.63, 3.8) is 0 Å². The highest BCUT2D eigenvalue weighted by atomic mass is 16.1. The van der Waals surface area contributed by atoms with Crippen LogP contribution >= 0.6 is 0 Å². The first kappa shape index (κ1) is 25.4. The number of hydrogen-bond donors (Lipinski definition) is 5. The second-order valence-corrected chi connectivity index (χ2v) is 11.6. The van der Waals surface area contributed by atoms with E-state index in [0.717, 1.165) is 38.5 Å². The van der Waals surface area contributed by atoms with Crippen molar-refractivity contribution in [1.29, 1.82) is 0 Å². The summed E-state index contributed by atoms with van der Waals surface area (Å²) in [5.41, 5.74) is 9.29. The first-order valence-electron chi connectivity index (χ1n) is 14.0. The molecule has 190 valence electrons. The van der Waals surface area contributed by atoms with Gasteiger partial charge in [-0.05, 0) is 76.7 Å². The van der Waals surface area contributed by atoms with Gasteiger partial charge in [0.05, 0.1) is 6.17 Å². The van der Waals surface area contributed by atoms with Gasteiger partial charge >= 0.3 is 0 Å². The SMILES string of the molecule is CC(C)N1NCC2C(C(=O)NCC3CCCCC3)CC(C3CCCC(CNCCN)C3)NC21. The highest BCUT2D eigenvalue weighted by Crippen LogP contribution is 2.39. The first-order valence-corrected chi connectivity index (χ1v) is 14.0. The van der Waals surface area contributed by atoms with E-state index in [1.807, 2.05) is 0 Å². The Morgan fingerprint density at radius 1 is 1.03 bits per heavy atom. The molecule has 6 atom stereocenters. The summed E-state index contributed by atoms with van der Waals surface area (Å²) in [6.45, 7) is 8.98. The summed E-state index contributed by atoms with van der Waals surface area (Å²) in [5.74, 6) is 2.85. The number of rotatable bonds is 9. The first-order chi connectivity index (χ1) is 16.1. The molecule has 2 aliphatic heterocycles. The van der Waals surface area contributed by atoms with Gasteiger partial charge in [-0.3, -0.25) is 15.5 Å². The van der Waals surface area contributed by atoms with Crippen molar-refractivity contribution < 1.29 is 4.79 Å². The molecule has 6 unspecified atom stereocenters. The average molecular weight is 463 g/mol. The predicted octanol–water partition coefficient (Wildman–Crippen LogP) is 2.19. The zero-order valence-corrected chi connectivity index (χ0v) is 21.2. The number of nitrogens with zero attached hydrogens (tertiary/aromatic N) is 1. The molecule has 2 heterocycles. The van der Waals surface area contributed by atoms with E-state index >= 15 is 0 Å². The summed E-state index contributed by atoms with van der Waals surface area (Å²) in [4.78, 5) is 13.5. The highest BCUT2D eigenvalue weighted by molar-refractivity contribution is 5.79. The van der Waals surface area contributed by atoms with Crippen LogP contribution in [0.25, 0.3) is 0 Å². The molecule has 0 aromatic heterocycles. The zero-order valence-electron chi connectivity index (χ0n) is 21.2. The summed E-state index contributed by atoms with van der Waals surface area (Å²) in [6.07, 6.45) is 13.0. The van der Waals surface area contributed by atoms with Crippen LogP contribution in [0.5, 0.6) is 0 Å². The number of piperidine rings is 1. The summed E-state index contributed by atoms with van der Waals surface area (Å²) < 4.78 is 0. The van der Waals surface area contributed by atoms with Crippen molar-refractivity contribution in [3.05, 3.63) is 0 Å². The molecular formula is C26H50N6O. The molecule has 4 aliphatic rings. The van der Waals surface area contributed by atoms with Gasteiger partial charge < -0.3 is 16.4 Å². The van der Waals surface area contributed by atoms with Crippen molar-refractivity contribution in [3.8, 4) is 0 Å². The molecular weight excluding hydrogens is 412 g/mol. The van der Waals surface area contributed by atoms with E-state index in [0.29, 0.717) is 42.3 Å². The van der Waals surface area contributed by atoms with E-state index in [9.17, 15) is 4.79 Å². The third-order valence-electron chi connectivity index (χ3n) is 8.95. The average Bonchev–Trinajstić information content (AvgIpc) is 3.27. The minimum atomic E-state index is 0.108. The number of carbonyl (C=O) groups is 1.